The average molecular weight is 240 g/mol. The minimum atomic E-state index is -0.962. The number of hydrogen-bond donors (Lipinski definition) is 1. The normalized spacial score (nSPS) is 10.9. The summed E-state index contributed by atoms with van der Waals surface area (Å²) < 4.78 is 5.31. The van der Waals surface area contributed by atoms with Gasteiger partial charge in [-0.25, -0.2) is 0 Å². The summed E-state index contributed by atoms with van der Waals surface area (Å²) in [5, 5.41) is 18.8. The van der Waals surface area contributed by atoms with E-state index < -0.39 is 5.60 Å². The maximum Gasteiger partial charge on any atom is 0.137 e. The lowest BCUT2D eigenvalue weighted by Crippen LogP contribution is -2.15. The van der Waals surface area contributed by atoms with Crippen LogP contribution in [0.25, 0.3) is 0 Å². The maximum absolute atomic E-state index is 9.80. The third kappa shape index (κ3) is 3.13. The van der Waals surface area contributed by atoms with Gasteiger partial charge in [0.15, 0.2) is 0 Å². The van der Waals surface area contributed by atoms with Crippen molar-refractivity contribution in [1.82, 2.24) is 0 Å². The Morgan fingerprint density at radius 1 is 1.50 bits per heavy atom. The van der Waals surface area contributed by atoms with E-state index in [9.17, 15) is 5.11 Å². The molecule has 1 rings (SSSR count). The fourth-order valence-corrected chi connectivity index (χ4v) is 1.35. The monoisotopic (exact) mass is 239 g/mol. The SMILES string of the molecule is CC(C)(O)c1ccc(OCCCl)c(C#N)c1. The molecular formula is C12H14ClNO2. The van der Waals surface area contributed by atoms with Crippen molar-refractivity contribution in [3.05, 3.63) is 29.3 Å². The van der Waals surface area contributed by atoms with Gasteiger partial charge in [-0.05, 0) is 31.5 Å². The number of benzene rings is 1. The molecule has 0 unspecified atom stereocenters. The van der Waals surface area contributed by atoms with Crippen LogP contribution >= 0.6 is 11.6 Å². The van der Waals surface area contributed by atoms with E-state index in [-0.39, 0.29) is 0 Å². The number of ether oxygens (including phenoxy) is 1. The van der Waals surface area contributed by atoms with E-state index in [0.717, 1.165) is 0 Å². The lowest BCUT2D eigenvalue weighted by atomic mass is 9.96. The number of hydrogen-bond acceptors (Lipinski definition) is 3. The summed E-state index contributed by atoms with van der Waals surface area (Å²) in [6.45, 7) is 3.70. The molecule has 4 heteroatoms. The second-order valence-corrected chi connectivity index (χ2v) is 4.30. The molecule has 1 N–H and O–H groups in total. The topological polar surface area (TPSA) is 53.2 Å². The first-order valence-corrected chi connectivity index (χ1v) is 5.48. The van der Waals surface area contributed by atoms with Crippen LogP contribution in [0.15, 0.2) is 18.2 Å². The average Bonchev–Trinajstić information content (AvgIpc) is 2.24. The van der Waals surface area contributed by atoms with E-state index in [1.165, 1.54) is 0 Å². The minimum Gasteiger partial charge on any atom is -0.491 e. The minimum absolute atomic E-state index is 0.359. The van der Waals surface area contributed by atoms with Gasteiger partial charge in [-0.2, -0.15) is 5.26 Å². The van der Waals surface area contributed by atoms with Crippen LogP contribution in [0.2, 0.25) is 0 Å². The quantitative estimate of drug-likeness (QED) is 0.821. The Balaban J connectivity index is 3.04. The van der Waals surface area contributed by atoms with Crippen LogP contribution in [0.4, 0.5) is 0 Å². The molecule has 0 spiro atoms. The standard InChI is InChI=1S/C12H14ClNO2/c1-12(2,15)10-3-4-11(16-6-5-13)9(7-10)8-14/h3-4,7,15H,5-6H2,1-2H3. The van der Waals surface area contributed by atoms with Crippen molar-refractivity contribution in [2.75, 3.05) is 12.5 Å². The van der Waals surface area contributed by atoms with Crippen molar-refractivity contribution in [3.63, 3.8) is 0 Å². The Bertz CT molecular complexity index is 404. The molecule has 0 aliphatic rings. The van der Waals surface area contributed by atoms with Gasteiger partial charge >= 0.3 is 0 Å². The highest BCUT2D eigenvalue weighted by Gasteiger charge is 2.17. The summed E-state index contributed by atoms with van der Waals surface area (Å²) in [7, 11) is 0. The first-order chi connectivity index (χ1) is 7.49. The molecule has 0 heterocycles. The van der Waals surface area contributed by atoms with Gasteiger partial charge in [0.1, 0.15) is 18.4 Å². The molecule has 0 aliphatic carbocycles. The first-order valence-electron chi connectivity index (χ1n) is 4.95. The van der Waals surface area contributed by atoms with E-state index in [4.69, 9.17) is 21.6 Å². The summed E-state index contributed by atoms with van der Waals surface area (Å²) in [5.41, 5.74) is 0.128. The molecular weight excluding hydrogens is 226 g/mol. The molecule has 0 radical (unpaired) electrons. The van der Waals surface area contributed by atoms with Crippen molar-refractivity contribution < 1.29 is 9.84 Å². The maximum atomic E-state index is 9.80. The zero-order valence-electron chi connectivity index (χ0n) is 9.33. The number of aliphatic hydroxyl groups is 1. The second-order valence-electron chi connectivity index (χ2n) is 3.92. The fraction of sp³-hybridized carbons (Fsp3) is 0.417. The van der Waals surface area contributed by atoms with Crippen molar-refractivity contribution in [3.8, 4) is 11.8 Å². The molecule has 1 aromatic carbocycles. The van der Waals surface area contributed by atoms with Crippen LogP contribution in [0.1, 0.15) is 25.0 Å². The van der Waals surface area contributed by atoms with Gasteiger partial charge in [-0.1, -0.05) is 6.07 Å². The van der Waals surface area contributed by atoms with Crippen LogP contribution < -0.4 is 4.74 Å². The van der Waals surface area contributed by atoms with E-state index >= 15 is 0 Å². The Labute approximate surface area is 100 Å². The molecule has 0 saturated carbocycles. The lowest BCUT2D eigenvalue weighted by molar-refractivity contribution is 0.0785. The third-order valence-electron chi connectivity index (χ3n) is 2.14. The Hall–Kier alpha value is -1.24. The number of alkyl halides is 1. The van der Waals surface area contributed by atoms with Crippen LogP contribution in [0.3, 0.4) is 0 Å². The molecule has 0 aliphatic heterocycles. The predicted molar refractivity (Wildman–Crippen MR) is 62.6 cm³/mol. The van der Waals surface area contributed by atoms with Gasteiger partial charge in [0.05, 0.1) is 17.0 Å². The first kappa shape index (κ1) is 12.8. The number of nitrogens with zero attached hydrogens (tertiary/aromatic N) is 1. The zero-order valence-corrected chi connectivity index (χ0v) is 10.1. The van der Waals surface area contributed by atoms with Crippen molar-refractivity contribution in [2.24, 2.45) is 0 Å². The molecule has 16 heavy (non-hydrogen) atoms. The molecule has 0 saturated heterocycles. The molecule has 0 aromatic heterocycles. The lowest BCUT2D eigenvalue weighted by Gasteiger charge is -2.18. The van der Waals surface area contributed by atoms with Crippen LogP contribution in [-0.2, 0) is 5.60 Å². The van der Waals surface area contributed by atoms with Gasteiger partial charge in [-0.3, -0.25) is 0 Å². The fourth-order valence-electron chi connectivity index (χ4n) is 1.27. The number of nitriles is 1. The smallest absolute Gasteiger partial charge is 0.137 e. The van der Waals surface area contributed by atoms with E-state index in [1.54, 1.807) is 32.0 Å². The van der Waals surface area contributed by atoms with Crippen LogP contribution in [0.5, 0.6) is 5.75 Å². The highest BCUT2D eigenvalue weighted by atomic mass is 35.5. The zero-order chi connectivity index (χ0) is 12.2. The summed E-state index contributed by atoms with van der Waals surface area (Å²) in [6.07, 6.45) is 0. The second kappa shape index (κ2) is 5.20. The molecule has 0 amide bonds. The third-order valence-corrected chi connectivity index (χ3v) is 2.30. The summed E-state index contributed by atoms with van der Waals surface area (Å²) >= 11 is 5.50. The van der Waals surface area contributed by atoms with Crippen molar-refractivity contribution in [2.45, 2.75) is 19.4 Å². The highest BCUT2D eigenvalue weighted by Crippen LogP contribution is 2.26. The summed E-state index contributed by atoms with van der Waals surface area (Å²) in [4.78, 5) is 0. The van der Waals surface area contributed by atoms with Crippen LogP contribution in [0, 0.1) is 11.3 Å². The van der Waals surface area contributed by atoms with E-state index in [2.05, 4.69) is 0 Å². The van der Waals surface area contributed by atoms with Gasteiger partial charge in [-0.15, -0.1) is 11.6 Å². The molecule has 1 aromatic rings. The molecule has 86 valence electrons. The van der Waals surface area contributed by atoms with E-state index in [0.29, 0.717) is 29.4 Å². The van der Waals surface area contributed by atoms with Gasteiger partial charge < -0.3 is 9.84 Å². The summed E-state index contributed by atoms with van der Waals surface area (Å²) in [5.74, 6) is 0.870. The van der Waals surface area contributed by atoms with Crippen molar-refractivity contribution >= 4 is 11.6 Å². The molecule has 0 atom stereocenters. The Kier molecular flexibility index (Phi) is 4.17. The molecule has 0 bridgehead atoms. The largest absolute Gasteiger partial charge is 0.491 e. The molecule has 0 fully saturated rings. The summed E-state index contributed by atoms with van der Waals surface area (Å²) in [6, 6.07) is 7.09. The Morgan fingerprint density at radius 2 is 2.19 bits per heavy atom. The van der Waals surface area contributed by atoms with Gasteiger partial charge in [0, 0.05) is 0 Å². The Morgan fingerprint density at radius 3 is 2.69 bits per heavy atom. The van der Waals surface area contributed by atoms with Crippen molar-refractivity contribution in [1.29, 1.82) is 5.26 Å². The predicted octanol–water partition coefficient (Wildman–Crippen LogP) is 2.40. The van der Waals surface area contributed by atoms with E-state index in [1.807, 2.05) is 6.07 Å². The number of rotatable bonds is 4. The van der Waals surface area contributed by atoms with Crippen LogP contribution in [-0.4, -0.2) is 17.6 Å². The highest BCUT2D eigenvalue weighted by molar-refractivity contribution is 6.18. The number of halogens is 1. The van der Waals surface area contributed by atoms with Gasteiger partial charge in [0.2, 0.25) is 0 Å². The van der Waals surface area contributed by atoms with Gasteiger partial charge in [0.25, 0.3) is 0 Å². The molecule has 3 nitrogen and oxygen atoms in total.